The van der Waals surface area contributed by atoms with Gasteiger partial charge in [-0.25, -0.2) is 5.01 Å². The highest BCUT2D eigenvalue weighted by Gasteiger charge is 2.18. The molecule has 0 fully saturated rings. The van der Waals surface area contributed by atoms with E-state index in [0.29, 0.717) is 5.92 Å². The summed E-state index contributed by atoms with van der Waals surface area (Å²) in [6.07, 6.45) is 0.199. The van der Waals surface area contributed by atoms with Crippen LogP contribution in [-0.2, 0) is 0 Å². The summed E-state index contributed by atoms with van der Waals surface area (Å²) in [6, 6.07) is 0. The van der Waals surface area contributed by atoms with Gasteiger partial charge in [0, 0.05) is 19.8 Å². The third kappa shape index (κ3) is 5.42. The number of hydrazine groups is 1. The maximum absolute atomic E-state index is 4.10. The smallest absolute Gasteiger partial charge is 0.0997 e. The van der Waals surface area contributed by atoms with E-state index in [4.69, 9.17) is 0 Å². The molecule has 2 N–H and O–H groups in total. The van der Waals surface area contributed by atoms with E-state index in [-0.39, 0.29) is 6.17 Å². The maximum atomic E-state index is 4.10. The lowest BCUT2D eigenvalue weighted by Crippen LogP contribution is -2.53. The molecule has 15 heavy (non-hydrogen) atoms. The second-order valence-electron chi connectivity index (χ2n) is 4.15. The third-order valence-electron chi connectivity index (χ3n) is 2.11. The molecule has 0 aliphatic rings. The molecule has 0 aliphatic carbocycles. The summed E-state index contributed by atoms with van der Waals surface area (Å²) in [7, 11) is 3.78. The average Bonchev–Trinajstić information content (AvgIpc) is 2.11. The first-order valence-corrected chi connectivity index (χ1v) is 5.23. The molecular formula is C11H24N4. The van der Waals surface area contributed by atoms with Crippen LogP contribution < -0.4 is 10.7 Å². The predicted octanol–water partition coefficient (Wildman–Crippen LogP) is 1.58. The van der Waals surface area contributed by atoms with Gasteiger partial charge >= 0.3 is 0 Å². The molecule has 0 aromatic heterocycles. The molecule has 0 radical (unpaired) electrons. The van der Waals surface area contributed by atoms with Crippen LogP contribution in [-0.4, -0.2) is 31.1 Å². The van der Waals surface area contributed by atoms with E-state index in [9.17, 15) is 0 Å². The fourth-order valence-corrected chi connectivity index (χ4v) is 1.36. The molecule has 1 unspecified atom stereocenters. The molecule has 4 nitrogen and oxygen atoms in total. The minimum atomic E-state index is 0.199. The summed E-state index contributed by atoms with van der Waals surface area (Å²) < 4.78 is 0. The molecule has 0 saturated carbocycles. The van der Waals surface area contributed by atoms with E-state index in [2.05, 4.69) is 36.2 Å². The summed E-state index contributed by atoms with van der Waals surface area (Å²) in [4.78, 5) is 4.10. The van der Waals surface area contributed by atoms with Crippen molar-refractivity contribution in [3.8, 4) is 0 Å². The largest absolute Gasteiger partial charge is 0.357 e. The second kappa shape index (κ2) is 6.45. The Bertz CT molecular complexity index is 233. The minimum Gasteiger partial charge on any atom is -0.357 e. The van der Waals surface area contributed by atoms with Crippen molar-refractivity contribution >= 4 is 5.84 Å². The average molecular weight is 212 g/mol. The number of allylic oxidation sites excluding steroid dienone is 1. The van der Waals surface area contributed by atoms with Crippen LogP contribution in [0.15, 0.2) is 17.3 Å². The van der Waals surface area contributed by atoms with Crippen molar-refractivity contribution in [3.05, 3.63) is 12.3 Å². The minimum absolute atomic E-state index is 0.199. The maximum Gasteiger partial charge on any atom is 0.0997 e. The highest BCUT2D eigenvalue weighted by atomic mass is 15.5. The molecular weight excluding hydrogens is 188 g/mol. The van der Waals surface area contributed by atoms with Crippen molar-refractivity contribution in [2.45, 2.75) is 33.9 Å². The van der Waals surface area contributed by atoms with E-state index in [1.807, 2.05) is 25.9 Å². The van der Waals surface area contributed by atoms with Crippen LogP contribution in [0, 0.1) is 5.92 Å². The van der Waals surface area contributed by atoms with E-state index in [0.717, 1.165) is 11.5 Å². The Hall–Kier alpha value is -1.03. The molecule has 0 heterocycles. The molecule has 0 aromatic rings. The van der Waals surface area contributed by atoms with Crippen LogP contribution in [0.2, 0.25) is 0 Å². The van der Waals surface area contributed by atoms with Gasteiger partial charge in [-0.3, -0.25) is 4.99 Å². The lowest BCUT2D eigenvalue weighted by molar-refractivity contribution is 0.132. The summed E-state index contributed by atoms with van der Waals surface area (Å²) in [5.41, 5.74) is 4.10. The van der Waals surface area contributed by atoms with Gasteiger partial charge in [-0.2, -0.15) is 0 Å². The Morgan fingerprint density at radius 3 is 2.20 bits per heavy atom. The molecule has 0 bridgehead atoms. The van der Waals surface area contributed by atoms with Crippen LogP contribution >= 0.6 is 0 Å². The number of nitrogens with zero attached hydrogens (tertiary/aromatic N) is 2. The molecule has 0 rings (SSSR count). The van der Waals surface area contributed by atoms with E-state index in [1.165, 1.54) is 0 Å². The number of nitrogens with one attached hydrogen (secondary N) is 2. The van der Waals surface area contributed by atoms with Crippen LogP contribution in [0.4, 0.5) is 0 Å². The number of hydrogen-bond acceptors (Lipinski definition) is 3. The van der Waals surface area contributed by atoms with Crippen LogP contribution in [0.5, 0.6) is 0 Å². The molecule has 4 heteroatoms. The zero-order valence-electron chi connectivity index (χ0n) is 10.8. The van der Waals surface area contributed by atoms with Crippen molar-refractivity contribution in [2.75, 3.05) is 14.1 Å². The van der Waals surface area contributed by atoms with Crippen molar-refractivity contribution < 1.29 is 0 Å². The number of amidine groups is 1. The van der Waals surface area contributed by atoms with Crippen LogP contribution in [0.1, 0.15) is 27.7 Å². The summed E-state index contributed by atoms with van der Waals surface area (Å²) in [6.45, 7) is 12.1. The first kappa shape index (κ1) is 14.0. The van der Waals surface area contributed by atoms with Gasteiger partial charge in [0.25, 0.3) is 0 Å². The Labute approximate surface area is 93.4 Å². The van der Waals surface area contributed by atoms with E-state index >= 15 is 0 Å². The Morgan fingerprint density at radius 2 is 1.87 bits per heavy atom. The lowest BCUT2D eigenvalue weighted by Gasteiger charge is -2.33. The Morgan fingerprint density at radius 1 is 1.33 bits per heavy atom. The van der Waals surface area contributed by atoms with Gasteiger partial charge in [-0.1, -0.05) is 20.4 Å². The molecule has 0 aliphatic heterocycles. The van der Waals surface area contributed by atoms with Gasteiger partial charge in [0.1, 0.15) is 0 Å². The summed E-state index contributed by atoms with van der Waals surface area (Å²) in [5, 5.41) is 5.36. The zero-order chi connectivity index (χ0) is 12.0. The first-order chi connectivity index (χ1) is 6.88. The first-order valence-electron chi connectivity index (χ1n) is 5.23. The normalized spacial score (nSPS) is 14.3. The molecule has 0 amide bonds. The van der Waals surface area contributed by atoms with Gasteiger partial charge in [-0.05, 0) is 19.8 Å². The van der Waals surface area contributed by atoms with Gasteiger partial charge in [-0.15, -0.1) is 0 Å². The number of aliphatic imine (C=N–C) groups is 1. The Balaban J connectivity index is 4.45. The topological polar surface area (TPSA) is 39.7 Å². The van der Waals surface area contributed by atoms with Crippen LogP contribution in [0.3, 0.4) is 0 Å². The standard InChI is InChI=1S/C11H24N4/c1-8(2)11(13-10(5)12-6)15(7)14-9(3)4/h8,11,14H,3H2,1-2,4-7H3,(H,12,13). The highest BCUT2D eigenvalue weighted by Crippen LogP contribution is 2.04. The molecule has 0 aromatic carbocycles. The molecule has 1 atom stereocenters. The predicted molar refractivity (Wildman–Crippen MR) is 66.5 cm³/mol. The quantitative estimate of drug-likeness (QED) is 0.314. The molecule has 88 valence electrons. The summed E-state index contributed by atoms with van der Waals surface area (Å²) in [5.74, 6) is 1.41. The number of rotatable bonds is 5. The zero-order valence-corrected chi connectivity index (χ0v) is 10.8. The number of hydrogen-bond donors (Lipinski definition) is 2. The van der Waals surface area contributed by atoms with Crippen molar-refractivity contribution in [1.29, 1.82) is 0 Å². The van der Waals surface area contributed by atoms with Crippen molar-refractivity contribution in [3.63, 3.8) is 0 Å². The van der Waals surface area contributed by atoms with Gasteiger partial charge < -0.3 is 10.7 Å². The van der Waals surface area contributed by atoms with Gasteiger partial charge in [0.2, 0.25) is 0 Å². The highest BCUT2D eigenvalue weighted by molar-refractivity contribution is 5.79. The summed E-state index contributed by atoms with van der Waals surface area (Å²) >= 11 is 0. The monoisotopic (exact) mass is 212 g/mol. The molecule has 0 saturated heterocycles. The van der Waals surface area contributed by atoms with Gasteiger partial charge in [0.15, 0.2) is 0 Å². The van der Waals surface area contributed by atoms with E-state index in [1.54, 1.807) is 7.05 Å². The fourth-order valence-electron chi connectivity index (χ4n) is 1.36. The van der Waals surface area contributed by atoms with Crippen molar-refractivity contribution in [1.82, 2.24) is 15.8 Å². The van der Waals surface area contributed by atoms with Crippen LogP contribution in [0.25, 0.3) is 0 Å². The second-order valence-corrected chi connectivity index (χ2v) is 4.15. The van der Waals surface area contributed by atoms with E-state index < -0.39 is 0 Å². The lowest BCUT2D eigenvalue weighted by atomic mass is 10.1. The Kier molecular flexibility index (Phi) is 6.01. The fraction of sp³-hybridized carbons (Fsp3) is 0.727. The molecule has 0 spiro atoms. The van der Waals surface area contributed by atoms with Gasteiger partial charge in [0.05, 0.1) is 12.0 Å². The SMILES string of the molecule is C=C(C)NN(C)C(NC(C)=NC)C(C)C. The third-order valence-corrected chi connectivity index (χ3v) is 2.11. The van der Waals surface area contributed by atoms with Crippen molar-refractivity contribution in [2.24, 2.45) is 10.9 Å².